The maximum absolute atomic E-state index is 13.5. The van der Waals surface area contributed by atoms with Crippen LogP contribution in [0.1, 0.15) is 48.6 Å². The van der Waals surface area contributed by atoms with E-state index in [1.165, 1.54) is 18.6 Å². The van der Waals surface area contributed by atoms with Crippen LogP contribution in [0, 0.1) is 11.6 Å². The fraction of sp³-hybridized carbons (Fsp3) is 0.529. The van der Waals surface area contributed by atoms with Gasteiger partial charge in [0.2, 0.25) is 11.8 Å². The van der Waals surface area contributed by atoms with Crippen LogP contribution in [-0.4, -0.2) is 34.9 Å². The van der Waals surface area contributed by atoms with E-state index in [1.807, 2.05) is 0 Å². The van der Waals surface area contributed by atoms with Crippen molar-refractivity contribution < 1.29 is 17.9 Å². The lowest BCUT2D eigenvalue weighted by atomic mass is 9.85. The van der Waals surface area contributed by atoms with Gasteiger partial charge in [0, 0.05) is 18.5 Å². The lowest BCUT2D eigenvalue weighted by Gasteiger charge is -2.34. The van der Waals surface area contributed by atoms with E-state index in [4.69, 9.17) is 9.15 Å². The molecule has 0 radical (unpaired) electrons. The van der Waals surface area contributed by atoms with Crippen molar-refractivity contribution in [2.24, 2.45) is 0 Å². The molecule has 1 atom stereocenters. The summed E-state index contributed by atoms with van der Waals surface area (Å²) >= 11 is 0. The fourth-order valence-electron chi connectivity index (χ4n) is 3.23. The van der Waals surface area contributed by atoms with Crippen molar-refractivity contribution in [3.63, 3.8) is 0 Å². The third-order valence-corrected chi connectivity index (χ3v) is 4.78. The molecule has 2 fully saturated rings. The van der Waals surface area contributed by atoms with Crippen molar-refractivity contribution in [2.45, 2.75) is 37.8 Å². The third kappa shape index (κ3) is 3.18. The number of hydrogen-bond donors (Lipinski definition) is 0. The summed E-state index contributed by atoms with van der Waals surface area (Å²) in [6.07, 6.45) is 3.41. The molecule has 7 heteroatoms. The molecule has 0 amide bonds. The molecule has 1 unspecified atom stereocenters. The first kappa shape index (κ1) is 15.7. The topological polar surface area (TPSA) is 51.4 Å². The van der Waals surface area contributed by atoms with E-state index >= 15 is 0 Å². The quantitative estimate of drug-likeness (QED) is 0.859. The summed E-state index contributed by atoms with van der Waals surface area (Å²) in [6, 6.07) is 3.34. The van der Waals surface area contributed by atoms with E-state index < -0.39 is 11.6 Å². The molecule has 0 bridgehead atoms. The number of nitrogens with zero attached hydrogens (tertiary/aromatic N) is 3. The van der Waals surface area contributed by atoms with Gasteiger partial charge in [-0.25, -0.2) is 8.78 Å². The van der Waals surface area contributed by atoms with Gasteiger partial charge in [-0.05, 0) is 30.5 Å². The molecule has 1 aliphatic carbocycles. The normalized spacial score (nSPS) is 22.5. The largest absolute Gasteiger partial charge is 0.424 e. The van der Waals surface area contributed by atoms with Crippen molar-refractivity contribution >= 4 is 0 Å². The van der Waals surface area contributed by atoms with Gasteiger partial charge < -0.3 is 9.15 Å². The van der Waals surface area contributed by atoms with E-state index in [2.05, 4.69) is 15.1 Å². The van der Waals surface area contributed by atoms with Gasteiger partial charge in [-0.3, -0.25) is 4.90 Å². The molecule has 2 aromatic rings. The van der Waals surface area contributed by atoms with Crippen LogP contribution in [0.5, 0.6) is 0 Å². The average molecular weight is 335 g/mol. The Balaban J connectivity index is 1.52. The van der Waals surface area contributed by atoms with Crippen LogP contribution < -0.4 is 0 Å². The highest BCUT2D eigenvalue weighted by Crippen LogP contribution is 2.35. The van der Waals surface area contributed by atoms with Gasteiger partial charge in [-0.2, -0.15) is 0 Å². The summed E-state index contributed by atoms with van der Waals surface area (Å²) < 4.78 is 38.3. The smallest absolute Gasteiger partial charge is 0.230 e. The number of aromatic nitrogens is 2. The molecule has 1 saturated heterocycles. The second-order valence-electron chi connectivity index (χ2n) is 6.43. The van der Waals surface area contributed by atoms with Crippen molar-refractivity contribution in [1.29, 1.82) is 0 Å². The first-order valence-corrected chi connectivity index (χ1v) is 8.29. The van der Waals surface area contributed by atoms with E-state index in [9.17, 15) is 8.78 Å². The van der Waals surface area contributed by atoms with Gasteiger partial charge in [0.15, 0.2) is 0 Å². The second kappa shape index (κ2) is 6.57. The lowest BCUT2D eigenvalue weighted by Crippen LogP contribution is -2.39. The number of rotatable bonds is 4. The van der Waals surface area contributed by atoms with E-state index in [1.54, 1.807) is 0 Å². The van der Waals surface area contributed by atoms with Crippen LogP contribution in [-0.2, 0) is 11.3 Å². The first-order chi connectivity index (χ1) is 11.7. The Kier molecular flexibility index (Phi) is 4.28. The Bertz CT molecular complexity index is 697. The molecular weight excluding hydrogens is 316 g/mol. The molecule has 0 spiro atoms. The minimum atomic E-state index is -0.583. The monoisotopic (exact) mass is 335 g/mol. The number of hydrogen-bond acceptors (Lipinski definition) is 5. The highest BCUT2D eigenvalue weighted by atomic mass is 19.1. The van der Waals surface area contributed by atoms with Crippen molar-refractivity contribution in [3.8, 4) is 0 Å². The molecule has 0 N–H and O–H groups in total. The van der Waals surface area contributed by atoms with Crippen LogP contribution in [0.2, 0.25) is 0 Å². The van der Waals surface area contributed by atoms with Gasteiger partial charge in [0.1, 0.15) is 11.6 Å². The van der Waals surface area contributed by atoms with Crippen LogP contribution in [0.3, 0.4) is 0 Å². The van der Waals surface area contributed by atoms with Gasteiger partial charge >= 0.3 is 0 Å². The van der Waals surface area contributed by atoms with Gasteiger partial charge in [-0.1, -0.05) is 6.42 Å². The molecule has 128 valence electrons. The van der Waals surface area contributed by atoms with Crippen LogP contribution in [0.15, 0.2) is 22.6 Å². The molecule has 1 aliphatic heterocycles. The van der Waals surface area contributed by atoms with Crippen molar-refractivity contribution in [1.82, 2.24) is 15.1 Å². The van der Waals surface area contributed by atoms with E-state index in [0.717, 1.165) is 18.9 Å². The summed E-state index contributed by atoms with van der Waals surface area (Å²) in [5, 5.41) is 8.26. The molecule has 5 nitrogen and oxygen atoms in total. The molecule has 2 aliphatic rings. The number of halogens is 2. The lowest BCUT2D eigenvalue weighted by molar-refractivity contribution is -0.0165. The predicted octanol–water partition coefficient (Wildman–Crippen LogP) is 3.19. The highest BCUT2D eigenvalue weighted by molar-refractivity contribution is 5.22. The van der Waals surface area contributed by atoms with E-state index in [-0.39, 0.29) is 6.04 Å². The SMILES string of the molecule is Fc1cc(F)cc(C2COCCN2Cc2nnc(C3CCC3)o2)c1. The average Bonchev–Trinajstić information content (AvgIpc) is 2.93. The maximum atomic E-state index is 13.5. The zero-order valence-corrected chi connectivity index (χ0v) is 13.3. The Morgan fingerprint density at radius 2 is 1.92 bits per heavy atom. The number of ether oxygens (including phenoxy) is 1. The van der Waals surface area contributed by atoms with Crippen LogP contribution in [0.4, 0.5) is 8.78 Å². The zero-order valence-electron chi connectivity index (χ0n) is 13.3. The molecule has 24 heavy (non-hydrogen) atoms. The minimum absolute atomic E-state index is 0.233. The fourth-order valence-corrected chi connectivity index (χ4v) is 3.23. The number of morpholine rings is 1. The Labute approximate surface area is 138 Å². The maximum Gasteiger partial charge on any atom is 0.230 e. The Morgan fingerprint density at radius 1 is 1.12 bits per heavy atom. The minimum Gasteiger partial charge on any atom is -0.424 e. The second-order valence-corrected chi connectivity index (χ2v) is 6.43. The first-order valence-electron chi connectivity index (χ1n) is 8.29. The molecular formula is C17H19F2N3O2. The standard InChI is InChI=1S/C17H19F2N3O2/c18-13-6-12(7-14(19)8-13)15-10-23-5-4-22(15)9-16-20-21-17(24-16)11-2-1-3-11/h6-8,11,15H,1-5,9-10H2. The van der Waals surface area contributed by atoms with Crippen LogP contribution in [0.25, 0.3) is 0 Å². The van der Waals surface area contributed by atoms with Gasteiger partial charge in [-0.15, -0.1) is 10.2 Å². The van der Waals surface area contributed by atoms with Crippen LogP contribution >= 0.6 is 0 Å². The van der Waals surface area contributed by atoms with Crippen molar-refractivity contribution in [2.75, 3.05) is 19.8 Å². The molecule has 1 aromatic carbocycles. The summed E-state index contributed by atoms with van der Waals surface area (Å²) in [5.74, 6) is 0.476. The molecule has 1 saturated carbocycles. The van der Waals surface area contributed by atoms with Gasteiger partial charge in [0.25, 0.3) is 0 Å². The third-order valence-electron chi connectivity index (χ3n) is 4.78. The van der Waals surface area contributed by atoms with Crippen molar-refractivity contribution in [3.05, 3.63) is 47.2 Å². The number of benzene rings is 1. The van der Waals surface area contributed by atoms with E-state index in [0.29, 0.717) is 49.6 Å². The summed E-state index contributed by atoms with van der Waals surface area (Å²) in [7, 11) is 0. The Hall–Kier alpha value is -1.86. The molecule has 2 heterocycles. The van der Waals surface area contributed by atoms with Gasteiger partial charge in [0.05, 0.1) is 25.8 Å². The predicted molar refractivity (Wildman–Crippen MR) is 81.2 cm³/mol. The molecule has 1 aromatic heterocycles. The Morgan fingerprint density at radius 3 is 2.62 bits per heavy atom. The summed E-state index contributed by atoms with van der Waals surface area (Å²) in [5.41, 5.74) is 0.561. The highest BCUT2D eigenvalue weighted by Gasteiger charge is 2.29. The summed E-state index contributed by atoms with van der Waals surface area (Å²) in [4.78, 5) is 2.07. The zero-order chi connectivity index (χ0) is 16.5. The summed E-state index contributed by atoms with van der Waals surface area (Å²) in [6.45, 7) is 2.04. The molecule has 4 rings (SSSR count).